The first-order chi connectivity index (χ1) is 10.6. The summed E-state index contributed by atoms with van der Waals surface area (Å²) in [7, 11) is 0. The maximum atomic E-state index is 11.6. The number of carbonyl (C=O) groups is 2. The lowest BCUT2D eigenvalue weighted by Gasteiger charge is -2.08. The third-order valence-corrected chi connectivity index (χ3v) is 3.14. The van der Waals surface area contributed by atoms with Crippen molar-refractivity contribution in [2.24, 2.45) is 5.73 Å². The van der Waals surface area contributed by atoms with Crippen molar-refractivity contribution in [3.8, 4) is 0 Å². The van der Waals surface area contributed by atoms with Crippen LogP contribution in [-0.4, -0.2) is 22.9 Å². The summed E-state index contributed by atoms with van der Waals surface area (Å²) in [6.07, 6.45) is 15.9. The minimum atomic E-state index is -0.488. The molecule has 0 fully saturated rings. The molecule has 1 atom stereocenters. The fraction of sp³-hybridized carbons (Fsp3) is 0.556. The van der Waals surface area contributed by atoms with Gasteiger partial charge in [-0.25, -0.2) is 0 Å². The Bertz CT molecular complexity index is 397. The Balaban J connectivity index is 3.72. The number of allylic oxidation sites excluding steroid dienone is 6. The van der Waals surface area contributed by atoms with E-state index < -0.39 is 6.10 Å². The van der Waals surface area contributed by atoms with Crippen LogP contribution in [0.3, 0.4) is 0 Å². The number of aliphatic hydroxyl groups is 1. The Morgan fingerprint density at radius 2 is 1.77 bits per heavy atom. The van der Waals surface area contributed by atoms with Crippen LogP contribution in [0.15, 0.2) is 36.5 Å². The summed E-state index contributed by atoms with van der Waals surface area (Å²) in [5.41, 5.74) is 5.04. The van der Waals surface area contributed by atoms with Gasteiger partial charge in [-0.2, -0.15) is 0 Å². The van der Waals surface area contributed by atoms with Crippen molar-refractivity contribution < 1.29 is 14.7 Å². The van der Waals surface area contributed by atoms with Gasteiger partial charge in [-0.05, 0) is 31.8 Å². The largest absolute Gasteiger partial charge is 0.393 e. The molecule has 1 amide bonds. The van der Waals surface area contributed by atoms with Crippen LogP contribution in [0.25, 0.3) is 0 Å². The van der Waals surface area contributed by atoms with Crippen LogP contribution in [-0.2, 0) is 9.59 Å². The Labute approximate surface area is 133 Å². The highest BCUT2D eigenvalue weighted by atomic mass is 16.3. The molecule has 0 aliphatic heterocycles. The van der Waals surface area contributed by atoms with E-state index in [1.165, 1.54) is 6.08 Å². The number of carbonyl (C=O) groups excluding carboxylic acids is 2. The fourth-order valence-electron chi connectivity index (χ4n) is 1.85. The first-order valence-corrected chi connectivity index (χ1v) is 8.05. The predicted molar refractivity (Wildman–Crippen MR) is 90.2 cm³/mol. The molecule has 0 rings (SSSR count). The van der Waals surface area contributed by atoms with Crippen molar-refractivity contribution >= 4 is 11.7 Å². The molecule has 0 aromatic carbocycles. The monoisotopic (exact) mass is 307 g/mol. The minimum absolute atomic E-state index is 0.0124. The summed E-state index contributed by atoms with van der Waals surface area (Å²) in [4.78, 5) is 22.1. The van der Waals surface area contributed by atoms with Gasteiger partial charge in [0, 0.05) is 12.8 Å². The molecule has 0 bridgehead atoms. The van der Waals surface area contributed by atoms with Gasteiger partial charge in [-0.1, -0.05) is 50.1 Å². The van der Waals surface area contributed by atoms with Gasteiger partial charge < -0.3 is 10.8 Å². The van der Waals surface area contributed by atoms with Gasteiger partial charge in [0.25, 0.3) is 0 Å². The van der Waals surface area contributed by atoms with E-state index in [2.05, 4.69) is 13.0 Å². The van der Waals surface area contributed by atoms with Crippen LogP contribution >= 0.6 is 0 Å². The van der Waals surface area contributed by atoms with Crippen molar-refractivity contribution in [1.29, 1.82) is 0 Å². The molecule has 0 aliphatic carbocycles. The van der Waals surface area contributed by atoms with Gasteiger partial charge in [0.05, 0.1) is 6.10 Å². The van der Waals surface area contributed by atoms with Crippen LogP contribution in [0.4, 0.5) is 0 Å². The Morgan fingerprint density at radius 3 is 2.45 bits per heavy atom. The lowest BCUT2D eigenvalue weighted by Crippen LogP contribution is -2.11. The molecule has 0 unspecified atom stereocenters. The number of rotatable bonds is 13. The Kier molecular flexibility index (Phi) is 13.2. The molecular formula is C18H29NO3. The molecule has 4 heteroatoms. The van der Waals surface area contributed by atoms with Crippen molar-refractivity contribution in [1.82, 2.24) is 0 Å². The van der Waals surface area contributed by atoms with E-state index in [0.717, 1.165) is 19.3 Å². The van der Waals surface area contributed by atoms with Gasteiger partial charge in [0.15, 0.2) is 5.78 Å². The van der Waals surface area contributed by atoms with E-state index >= 15 is 0 Å². The van der Waals surface area contributed by atoms with Gasteiger partial charge >= 0.3 is 0 Å². The molecule has 124 valence electrons. The molecule has 0 saturated carbocycles. The average molecular weight is 307 g/mol. The maximum absolute atomic E-state index is 11.6. The molecule has 0 aromatic rings. The highest BCUT2D eigenvalue weighted by Crippen LogP contribution is 2.08. The minimum Gasteiger partial charge on any atom is -0.393 e. The van der Waals surface area contributed by atoms with Crippen LogP contribution < -0.4 is 5.73 Å². The normalized spacial score (nSPS) is 13.4. The number of primary amides is 1. The zero-order valence-electron chi connectivity index (χ0n) is 13.5. The second-order valence-electron chi connectivity index (χ2n) is 5.33. The smallest absolute Gasteiger partial charge is 0.217 e. The lowest BCUT2D eigenvalue weighted by atomic mass is 10.0. The van der Waals surface area contributed by atoms with Gasteiger partial charge in [0.1, 0.15) is 0 Å². The SMILES string of the molecule is CCC/C=C/C=C/C=C/C(=O)CC[C@@H](O)CCCCC(N)=O. The van der Waals surface area contributed by atoms with Crippen molar-refractivity contribution in [3.05, 3.63) is 36.5 Å². The molecule has 0 aromatic heterocycles. The van der Waals surface area contributed by atoms with E-state index in [1.54, 1.807) is 6.08 Å². The average Bonchev–Trinajstić information content (AvgIpc) is 2.48. The van der Waals surface area contributed by atoms with E-state index in [1.807, 2.05) is 18.2 Å². The summed E-state index contributed by atoms with van der Waals surface area (Å²) >= 11 is 0. The summed E-state index contributed by atoms with van der Waals surface area (Å²) in [6, 6.07) is 0. The quantitative estimate of drug-likeness (QED) is 0.311. The summed E-state index contributed by atoms with van der Waals surface area (Å²) < 4.78 is 0. The molecule has 0 heterocycles. The van der Waals surface area contributed by atoms with E-state index in [9.17, 15) is 14.7 Å². The molecule has 22 heavy (non-hydrogen) atoms. The second kappa shape index (κ2) is 14.3. The van der Waals surface area contributed by atoms with Crippen LogP contribution in [0.1, 0.15) is 58.3 Å². The van der Waals surface area contributed by atoms with Gasteiger partial charge in [-0.3, -0.25) is 9.59 Å². The fourth-order valence-corrected chi connectivity index (χ4v) is 1.85. The topological polar surface area (TPSA) is 80.4 Å². The predicted octanol–water partition coefficient (Wildman–Crippen LogP) is 3.21. The Morgan fingerprint density at radius 1 is 1.05 bits per heavy atom. The van der Waals surface area contributed by atoms with Crippen molar-refractivity contribution in [2.45, 2.75) is 64.4 Å². The highest BCUT2D eigenvalue weighted by Gasteiger charge is 2.06. The van der Waals surface area contributed by atoms with Crippen LogP contribution in [0.2, 0.25) is 0 Å². The lowest BCUT2D eigenvalue weighted by molar-refractivity contribution is -0.118. The first kappa shape index (κ1) is 20.3. The third-order valence-electron chi connectivity index (χ3n) is 3.14. The second-order valence-corrected chi connectivity index (χ2v) is 5.33. The maximum Gasteiger partial charge on any atom is 0.217 e. The zero-order chi connectivity index (χ0) is 16.6. The first-order valence-electron chi connectivity index (χ1n) is 8.05. The van der Waals surface area contributed by atoms with E-state index in [4.69, 9.17) is 5.73 Å². The molecule has 0 saturated heterocycles. The van der Waals surface area contributed by atoms with Crippen molar-refractivity contribution in [2.75, 3.05) is 0 Å². The third kappa shape index (κ3) is 14.7. The molecule has 0 spiro atoms. The Hall–Kier alpha value is -1.68. The molecule has 3 N–H and O–H groups in total. The van der Waals surface area contributed by atoms with Crippen LogP contribution in [0, 0.1) is 0 Å². The van der Waals surface area contributed by atoms with Gasteiger partial charge in [0.2, 0.25) is 5.91 Å². The molecule has 4 nitrogen and oxygen atoms in total. The standard InChI is InChI=1S/C18H29NO3/c1-2-3-4-5-6-7-8-11-16(20)14-15-17(21)12-9-10-13-18(19)22/h4-8,11,17,21H,2-3,9-10,12-15H2,1H3,(H2,19,22)/b5-4+,7-6+,11-8+/t17-/m0/s1. The summed E-state index contributed by atoms with van der Waals surface area (Å²) in [6.45, 7) is 2.12. The summed E-state index contributed by atoms with van der Waals surface area (Å²) in [5.74, 6) is -0.300. The van der Waals surface area contributed by atoms with Crippen LogP contribution in [0.5, 0.6) is 0 Å². The van der Waals surface area contributed by atoms with E-state index in [-0.39, 0.29) is 11.7 Å². The van der Waals surface area contributed by atoms with E-state index in [0.29, 0.717) is 32.1 Å². The molecule has 0 radical (unpaired) electrons. The number of nitrogens with two attached hydrogens (primary N) is 1. The number of amides is 1. The molecule has 0 aliphatic rings. The zero-order valence-corrected chi connectivity index (χ0v) is 13.5. The molecular weight excluding hydrogens is 278 g/mol. The number of unbranched alkanes of at least 4 members (excludes halogenated alkanes) is 2. The number of ketones is 1. The van der Waals surface area contributed by atoms with Gasteiger partial charge in [-0.15, -0.1) is 0 Å². The highest BCUT2D eigenvalue weighted by molar-refractivity contribution is 5.89. The number of aliphatic hydroxyl groups excluding tert-OH is 1. The van der Waals surface area contributed by atoms with Crippen molar-refractivity contribution in [3.63, 3.8) is 0 Å². The number of hydrogen-bond donors (Lipinski definition) is 2. The number of hydrogen-bond acceptors (Lipinski definition) is 3. The summed E-state index contributed by atoms with van der Waals surface area (Å²) in [5, 5.41) is 9.74.